The van der Waals surface area contributed by atoms with Crippen molar-refractivity contribution in [2.45, 2.75) is 51.6 Å². The molecule has 1 heterocycles. The van der Waals surface area contributed by atoms with E-state index in [1.54, 1.807) is 13.8 Å². The van der Waals surface area contributed by atoms with Crippen LogP contribution in [0.5, 0.6) is 0 Å². The van der Waals surface area contributed by atoms with Crippen LogP contribution in [0.2, 0.25) is 0 Å². The van der Waals surface area contributed by atoms with E-state index in [1.165, 1.54) is 0 Å². The summed E-state index contributed by atoms with van der Waals surface area (Å²) in [6, 6.07) is -0.213. The Morgan fingerprint density at radius 1 is 1.36 bits per heavy atom. The highest BCUT2D eigenvalue weighted by Gasteiger charge is 2.43. The van der Waals surface area contributed by atoms with Crippen LogP contribution in [-0.4, -0.2) is 21.9 Å². The van der Waals surface area contributed by atoms with E-state index < -0.39 is 0 Å². The van der Waals surface area contributed by atoms with Crippen LogP contribution in [0.25, 0.3) is 0 Å². The van der Waals surface area contributed by atoms with Crippen molar-refractivity contribution in [3.8, 4) is 0 Å². The van der Waals surface area contributed by atoms with Crippen molar-refractivity contribution in [1.29, 1.82) is 0 Å². The summed E-state index contributed by atoms with van der Waals surface area (Å²) in [7, 11) is 0. The second-order valence-corrected chi connectivity index (χ2v) is 4.24. The van der Waals surface area contributed by atoms with E-state index in [2.05, 4.69) is 0 Å². The number of fused-ring (bicyclic) bond motifs is 1. The van der Waals surface area contributed by atoms with Gasteiger partial charge < -0.3 is 10.3 Å². The van der Waals surface area contributed by atoms with E-state index in [4.69, 9.17) is 0 Å². The highest BCUT2D eigenvalue weighted by Crippen LogP contribution is 2.33. The van der Waals surface area contributed by atoms with Crippen LogP contribution >= 0.6 is 0 Å². The van der Waals surface area contributed by atoms with Gasteiger partial charge >= 0.3 is 0 Å². The SMILES string of the molecule is CC1=C(C)[N+](=O)[C@@H]2CCCC[C@H]2N1[O-]. The van der Waals surface area contributed by atoms with Crippen LogP contribution < -0.4 is 0 Å². The lowest BCUT2D eigenvalue weighted by Crippen LogP contribution is -2.50. The van der Waals surface area contributed by atoms with Gasteiger partial charge in [-0.15, -0.1) is 0 Å². The summed E-state index contributed by atoms with van der Waals surface area (Å²) in [5.41, 5.74) is 1.17. The van der Waals surface area contributed by atoms with E-state index in [1.807, 2.05) is 0 Å². The molecule has 4 heteroatoms. The molecule has 2 rings (SSSR count). The summed E-state index contributed by atoms with van der Waals surface area (Å²) in [6.07, 6.45) is 3.86. The quantitative estimate of drug-likeness (QED) is 0.557. The fourth-order valence-electron chi connectivity index (χ4n) is 2.46. The summed E-state index contributed by atoms with van der Waals surface area (Å²) >= 11 is 0. The summed E-state index contributed by atoms with van der Waals surface area (Å²) in [5, 5.41) is 12.9. The van der Waals surface area contributed by atoms with E-state index in [0.717, 1.165) is 35.5 Å². The first kappa shape index (κ1) is 9.65. The molecule has 0 spiro atoms. The fourth-order valence-corrected chi connectivity index (χ4v) is 2.46. The summed E-state index contributed by atoms with van der Waals surface area (Å²) in [6.45, 7) is 3.47. The lowest BCUT2D eigenvalue weighted by molar-refractivity contribution is -0.557. The second-order valence-electron chi connectivity index (χ2n) is 4.24. The molecule has 0 unspecified atom stereocenters. The van der Waals surface area contributed by atoms with Crippen molar-refractivity contribution in [3.63, 3.8) is 0 Å². The van der Waals surface area contributed by atoms with Gasteiger partial charge in [0.15, 0.2) is 0 Å². The Hall–Kier alpha value is -0.900. The average molecular weight is 196 g/mol. The molecular formula is C10H16N2O2. The van der Waals surface area contributed by atoms with E-state index in [9.17, 15) is 10.1 Å². The van der Waals surface area contributed by atoms with Gasteiger partial charge in [-0.1, -0.05) is 6.42 Å². The minimum Gasteiger partial charge on any atom is -0.758 e. The van der Waals surface area contributed by atoms with Gasteiger partial charge in [0.05, 0.1) is 11.7 Å². The Morgan fingerprint density at radius 2 is 2.00 bits per heavy atom. The molecule has 1 aliphatic carbocycles. The molecule has 1 fully saturated rings. The fraction of sp³-hybridized carbons (Fsp3) is 0.800. The van der Waals surface area contributed by atoms with Crippen LogP contribution in [0.4, 0.5) is 0 Å². The Bertz CT molecular complexity index is 298. The lowest BCUT2D eigenvalue weighted by Gasteiger charge is -2.44. The van der Waals surface area contributed by atoms with Crippen molar-refractivity contribution in [3.05, 3.63) is 21.5 Å². The lowest BCUT2D eigenvalue weighted by atomic mass is 9.88. The molecule has 0 radical (unpaired) electrons. The molecule has 4 nitrogen and oxygen atoms in total. The van der Waals surface area contributed by atoms with Gasteiger partial charge in [-0.25, -0.2) is 0 Å². The first-order chi connectivity index (χ1) is 6.63. The van der Waals surface area contributed by atoms with E-state index in [0.29, 0.717) is 11.4 Å². The van der Waals surface area contributed by atoms with Gasteiger partial charge in [-0.3, -0.25) is 0 Å². The van der Waals surface area contributed by atoms with Crippen molar-refractivity contribution >= 4 is 0 Å². The van der Waals surface area contributed by atoms with E-state index >= 15 is 0 Å². The zero-order valence-corrected chi connectivity index (χ0v) is 8.69. The highest BCUT2D eigenvalue weighted by atomic mass is 16.5. The molecule has 1 saturated carbocycles. The first-order valence-corrected chi connectivity index (χ1v) is 5.23. The molecule has 0 bridgehead atoms. The summed E-state index contributed by atoms with van der Waals surface area (Å²) in [4.78, 5) is 11.8. The third-order valence-corrected chi connectivity index (χ3v) is 3.48. The number of allylic oxidation sites excluding steroid dienone is 2. The summed E-state index contributed by atoms with van der Waals surface area (Å²) < 4.78 is 1.05. The predicted molar refractivity (Wildman–Crippen MR) is 53.3 cm³/mol. The molecule has 2 atom stereocenters. The van der Waals surface area contributed by atoms with E-state index in [-0.39, 0.29) is 12.1 Å². The zero-order valence-electron chi connectivity index (χ0n) is 8.69. The maximum Gasteiger partial charge on any atom is 0.248 e. The molecular weight excluding hydrogens is 180 g/mol. The number of hydrogen-bond donors (Lipinski definition) is 0. The number of nitrogens with zero attached hydrogens (tertiary/aromatic N) is 2. The van der Waals surface area contributed by atoms with Gasteiger partial charge in [0, 0.05) is 23.0 Å². The molecule has 1 aliphatic heterocycles. The van der Waals surface area contributed by atoms with Crippen LogP contribution in [0.1, 0.15) is 39.5 Å². The van der Waals surface area contributed by atoms with Gasteiger partial charge in [-0.2, -0.15) is 0 Å². The van der Waals surface area contributed by atoms with Gasteiger partial charge in [-0.05, 0) is 19.8 Å². The molecule has 0 saturated heterocycles. The normalized spacial score (nSPS) is 33.4. The minimum absolute atomic E-state index is 0.107. The van der Waals surface area contributed by atoms with Crippen molar-refractivity contribution in [2.24, 2.45) is 0 Å². The Balaban J connectivity index is 2.35. The van der Waals surface area contributed by atoms with Gasteiger partial charge in [0.25, 0.3) is 0 Å². The van der Waals surface area contributed by atoms with Crippen LogP contribution in [0.15, 0.2) is 11.4 Å². The summed E-state index contributed by atoms with van der Waals surface area (Å²) in [5.74, 6) is 0. The first-order valence-electron chi connectivity index (χ1n) is 5.23. The number of nitroso groups, excluding NO2 is 1. The molecule has 0 amide bonds. The number of hydroxylamine groups is 2. The topological polar surface area (TPSA) is 46.4 Å². The van der Waals surface area contributed by atoms with Gasteiger partial charge in [0.1, 0.15) is 0 Å². The minimum atomic E-state index is -0.107. The molecule has 14 heavy (non-hydrogen) atoms. The van der Waals surface area contributed by atoms with Crippen LogP contribution in [0.3, 0.4) is 0 Å². The Labute approximate surface area is 83.7 Å². The van der Waals surface area contributed by atoms with Crippen LogP contribution in [0, 0.1) is 10.1 Å². The maximum atomic E-state index is 11.8. The third kappa shape index (κ3) is 1.25. The molecule has 2 aliphatic rings. The molecule has 0 N–H and O–H groups in total. The van der Waals surface area contributed by atoms with Crippen molar-refractivity contribution < 1.29 is 4.76 Å². The predicted octanol–water partition coefficient (Wildman–Crippen LogP) is 2.14. The molecule has 0 aromatic rings. The maximum absolute atomic E-state index is 11.8. The Morgan fingerprint density at radius 3 is 2.71 bits per heavy atom. The van der Waals surface area contributed by atoms with Crippen molar-refractivity contribution in [1.82, 2.24) is 5.06 Å². The molecule has 0 aromatic carbocycles. The highest BCUT2D eigenvalue weighted by molar-refractivity contribution is 5.09. The Kier molecular flexibility index (Phi) is 2.31. The zero-order chi connectivity index (χ0) is 10.3. The van der Waals surface area contributed by atoms with Crippen molar-refractivity contribution in [2.75, 3.05) is 0 Å². The average Bonchev–Trinajstić information content (AvgIpc) is 2.23. The molecule has 0 aromatic heterocycles. The number of hydrogen-bond acceptors (Lipinski definition) is 3. The van der Waals surface area contributed by atoms with Crippen LogP contribution in [-0.2, 0) is 0 Å². The number of rotatable bonds is 0. The van der Waals surface area contributed by atoms with Gasteiger partial charge in [0.2, 0.25) is 11.7 Å². The largest absolute Gasteiger partial charge is 0.758 e. The second kappa shape index (κ2) is 3.35. The monoisotopic (exact) mass is 196 g/mol. The molecule has 78 valence electrons. The standard InChI is InChI=1S/C10H16N2O2/c1-7-8(2)12(14)10-6-4-3-5-9(10)11(7)13/h9-10H,3-6H2,1-2H3/t9-,10-/m1/s1. The smallest absolute Gasteiger partial charge is 0.248 e. The third-order valence-electron chi connectivity index (χ3n) is 3.48.